The van der Waals surface area contributed by atoms with E-state index in [1.165, 1.54) is 17.7 Å². The van der Waals surface area contributed by atoms with E-state index in [0.717, 1.165) is 20.0 Å². The molecule has 0 aliphatic rings. The number of ether oxygens (including phenoxy) is 1. The van der Waals surface area contributed by atoms with Gasteiger partial charge >= 0.3 is 6.09 Å². The maximum absolute atomic E-state index is 12.0. The zero-order valence-electron chi connectivity index (χ0n) is 11.8. The van der Waals surface area contributed by atoms with Gasteiger partial charge in [0.15, 0.2) is 0 Å². The molecule has 0 spiro atoms. The lowest BCUT2D eigenvalue weighted by Gasteiger charge is -2.13. The number of anilines is 1. The third kappa shape index (κ3) is 2.95. The summed E-state index contributed by atoms with van der Waals surface area (Å²) in [6.45, 7) is 3.74. The molecule has 3 rings (SSSR count). The van der Waals surface area contributed by atoms with Crippen LogP contribution >= 0.6 is 27.3 Å². The third-order valence-corrected chi connectivity index (χ3v) is 4.74. The minimum absolute atomic E-state index is 0.395. The minimum atomic E-state index is -0.536. The average Bonchev–Trinajstić information content (AvgIpc) is 3.02. The zero-order chi connectivity index (χ0) is 15.7. The minimum Gasteiger partial charge on any atom is -0.440 e. The van der Waals surface area contributed by atoms with Gasteiger partial charge in [-0.3, -0.25) is 10.3 Å². The van der Waals surface area contributed by atoms with E-state index in [4.69, 9.17) is 4.74 Å². The van der Waals surface area contributed by atoms with Crippen molar-refractivity contribution in [2.24, 2.45) is 0 Å². The number of rotatable bonds is 3. The SMILES string of the molecule is Cc1c(C(C)OC(=O)Nc2cncc(Br)c2)sc2ncnn12. The standard InChI is InChI=1S/C13H12BrN5O2S/c1-7-11(22-12-16-6-17-19(7)12)8(2)21-13(20)18-10-3-9(14)4-15-5-10/h3-6,8H,1-2H3,(H,18,20). The molecule has 9 heteroatoms. The predicted molar refractivity (Wildman–Crippen MR) is 86.1 cm³/mol. The van der Waals surface area contributed by atoms with Gasteiger partial charge in [-0.25, -0.2) is 14.3 Å². The van der Waals surface area contributed by atoms with Crippen LogP contribution in [0, 0.1) is 6.92 Å². The van der Waals surface area contributed by atoms with E-state index in [1.54, 1.807) is 23.0 Å². The van der Waals surface area contributed by atoms with Crippen molar-refractivity contribution in [1.82, 2.24) is 19.6 Å². The van der Waals surface area contributed by atoms with Crippen molar-refractivity contribution >= 4 is 44.0 Å². The fourth-order valence-corrected chi connectivity index (χ4v) is 3.41. The molecule has 0 aliphatic heterocycles. The highest BCUT2D eigenvalue weighted by Crippen LogP contribution is 2.29. The lowest BCUT2D eigenvalue weighted by molar-refractivity contribution is 0.122. The third-order valence-electron chi connectivity index (χ3n) is 3.00. The van der Waals surface area contributed by atoms with Gasteiger partial charge < -0.3 is 4.74 Å². The van der Waals surface area contributed by atoms with E-state index in [9.17, 15) is 4.79 Å². The smallest absolute Gasteiger partial charge is 0.412 e. The van der Waals surface area contributed by atoms with Crippen LogP contribution in [0.3, 0.4) is 0 Å². The summed E-state index contributed by atoms with van der Waals surface area (Å²) in [4.78, 5) is 21.8. The van der Waals surface area contributed by atoms with Gasteiger partial charge in [-0.2, -0.15) is 5.10 Å². The van der Waals surface area contributed by atoms with Crippen molar-refractivity contribution in [3.63, 3.8) is 0 Å². The summed E-state index contributed by atoms with van der Waals surface area (Å²) in [6, 6.07) is 1.74. The van der Waals surface area contributed by atoms with Crippen molar-refractivity contribution in [3.05, 3.63) is 39.8 Å². The molecule has 22 heavy (non-hydrogen) atoms. The molecule has 0 saturated carbocycles. The van der Waals surface area contributed by atoms with Gasteiger partial charge in [-0.15, -0.1) is 0 Å². The van der Waals surface area contributed by atoms with Crippen LogP contribution in [-0.2, 0) is 4.74 Å². The van der Waals surface area contributed by atoms with Crippen LogP contribution in [0.25, 0.3) is 4.96 Å². The van der Waals surface area contributed by atoms with Crippen LogP contribution in [0.1, 0.15) is 23.6 Å². The molecule has 3 heterocycles. The van der Waals surface area contributed by atoms with Crippen molar-refractivity contribution < 1.29 is 9.53 Å². The van der Waals surface area contributed by atoms with Gasteiger partial charge in [-0.1, -0.05) is 11.3 Å². The normalized spacial score (nSPS) is 12.3. The first-order valence-corrected chi connectivity index (χ1v) is 8.03. The number of carbonyl (C=O) groups is 1. The number of thiazole rings is 1. The topological polar surface area (TPSA) is 81.4 Å². The van der Waals surface area contributed by atoms with E-state index in [-0.39, 0.29) is 0 Å². The number of nitrogens with one attached hydrogen (secondary N) is 1. The summed E-state index contributed by atoms with van der Waals surface area (Å²) in [5, 5.41) is 6.77. The number of amides is 1. The molecule has 1 amide bonds. The lowest BCUT2D eigenvalue weighted by Crippen LogP contribution is -2.16. The Hall–Kier alpha value is -2.00. The van der Waals surface area contributed by atoms with E-state index in [0.29, 0.717) is 5.69 Å². The fraction of sp³-hybridized carbons (Fsp3) is 0.231. The van der Waals surface area contributed by atoms with Crippen LogP contribution in [0.4, 0.5) is 10.5 Å². The molecule has 0 aliphatic carbocycles. The number of fused-ring (bicyclic) bond motifs is 1. The second kappa shape index (κ2) is 6.01. The number of hydrogen-bond donors (Lipinski definition) is 1. The average molecular weight is 382 g/mol. The quantitative estimate of drug-likeness (QED) is 0.749. The fourth-order valence-electron chi connectivity index (χ4n) is 2.03. The highest BCUT2D eigenvalue weighted by Gasteiger charge is 2.19. The Bertz CT molecular complexity index is 831. The molecule has 0 radical (unpaired) electrons. The van der Waals surface area contributed by atoms with Gasteiger partial charge in [0, 0.05) is 10.7 Å². The summed E-state index contributed by atoms with van der Waals surface area (Å²) in [7, 11) is 0. The van der Waals surface area contributed by atoms with E-state index >= 15 is 0 Å². The van der Waals surface area contributed by atoms with Gasteiger partial charge in [-0.05, 0) is 35.8 Å². The second-order valence-corrected chi connectivity index (χ2v) is 6.50. The Balaban J connectivity index is 1.70. The van der Waals surface area contributed by atoms with Gasteiger partial charge in [0.05, 0.1) is 22.5 Å². The van der Waals surface area contributed by atoms with Gasteiger partial charge in [0.25, 0.3) is 0 Å². The van der Waals surface area contributed by atoms with E-state index < -0.39 is 12.2 Å². The van der Waals surface area contributed by atoms with Crippen molar-refractivity contribution in [2.45, 2.75) is 20.0 Å². The second-order valence-electron chi connectivity index (χ2n) is 4.57. The number of hydrogen-bond acceptors (Lipinski definition) is 6. The Morgan fingerprint density at radius 1 is 1.50 bits per heavy atom. The number of halogens is 1. The summed E-state index contributed by atoms with van der Waals surface area (Å²) in [6.07, 6.45) is 3.75. The molecule has 0 bridgehead atoms. The van der Waals surface area contributed by atoms with Crippen molar-refractivity contribution in [3.8, 4) is 0 Å². The molecule has 0 fully saturated rings. The maximum atomic E-state index is 12.0. The number of pyridine rings is 1. The number of nitrogens with zero attached hydrogens (tertiary/aromatic N) is 4. The first kappa shape index (κ1) is 14.9. The van der Waals surface area contributed by atoms with Crippen LogP contribution in [0.5, 0.6) is 0 Å². The maximum Gasteiger partial charge on any atom is 0.412 e. The summed E-state index contributed by atoms with van der Waals surface area (Å²) in [5.41, 5.74) is 1.48. The summed E-state index contributed by atoms with van der Waals surface area (Å²) in [5.74, 6) is 0. The summed E-state index contributed by atoms with van der Waals surface area (Å²) >= 11 is 4.75. The molecule has 114 valence electrons. The number of aromatic nitrogens is 4. The predicted octanol–water partition coefficient (Wildman–Crippen LogP) is 3.57. The molecule has 7 nitrogen and oxygen atoms in total. The summed E-state index contributed by atoms with van der Waals surface area (Å²) < 4.78 is 7.92. The molecule has 1 N–H and O–H groups in total. The largest absolute Gasteiger partial charge is 0.440 e. The van der Waals surface area contributed by atoms with Gasteiger partial charge in [0.1, 0.15) is 12.4 Å². The molecule has 3 aromatic rings. The Morgan fingerprint density at radius 3 is 3.05 bits per heavy atom. The highest BCUT2D eigenvalue weighted by atomic mass is 79.9. The Kier molecular flexibility index (Phi) is 4.08. The molecule has 3 aromatic heterocycles. The first-order valence-electron chi connectivity index (χ1n) is 6.42. The highest BCUT2D eigenvalue weighted by molar-refractivity contribution is 9.10. The Morgan fingerprint density at radius 2 is 2.32 bits per heavy atom. The van der Waals surface area contributed by atoms with E-state index in [1.807, 2.05) is 13.8 Å². The van der Waals surface area contributed by atoms with Crippen LogP contribution in [0.15, 0.2) is 29.3 Å². The lowest BCUT2D eigenvalue weighted by atomic mass is 10.3. The zero-order valence-corrected chi connectivity index (χ0v) is 14.2. The van der Waals surface area contributed by atoms with Crippen molar-refractivity contribution in [1.29, 1.82) is 0 Å². The van der Waals surface area contributed by atoms with Crippen LogP contribution in [0.2, 0.25) is 0 Å². The molecular formula is C13H12BrN5O2S. The first-order chi connectivity index (χ1) is 10.5. The molecular weight excluding hydrogens is 370 g/mol. The molecule has 0 aromatic carbocycles. The van der Waals surface area contributed by atoms with Crippen molar-refractivity contribution in [2.75, 3.05) is 5.32 Å². The monoisotopic (exact) mass is 381 g/mol. The van der Waals surface area contributed by atoms with Gasteiger partial charge in [0.2, 0.25) is 4.96 Å². The van der Waals surface area contributed by atoms with E-state index in [2.05, 4.69) is 36.3 Å². The number of carbonyl (C=O) groups excluding carboxylic acids is 1. The van der Waals surface area contributed by atoms with Crippen LogP contribution < -0.4 is 5.32 Å². The Labute approximate surface area is 138 Å². The molecule has 1 unspecified atom stereocenters. The molecule has 0 saturated heterocycles. The number of aryl methyl sites for hydroxylation is 1. The van der Waals surface area contributed by atoms with Crippen LogP contribution in [-0.4, -0.2) is 25.7 Å². The molecule has 1 atom stereocenters.